The van der Waals surface area contributed by atoms with Crippen LogP contribution in [0.3, 0.4) is 0 Å². The van der Waals surface area contributed by atoms with Gasteiger partial charge in [-0.3, -0.25) is 4.79 Å². The molecule has 1 aromatic rings. The molecular weight excluding hydrogens is 456 g/mol. The van der Waals surface area contributed by atoms with Gasteiger partial charge in [0.15, 0.2) is 0 Å². The van der Waals surface area contributed by atoms with Crippen LogP contribution < -0.4 is 0 Å². The number of aliphatic hydroxyl groups excluding tert-OH is 1. The Morgan fingerprint density at radius 3 is 2.33 bits per heavy atom. The Kier molecular flexibility index (Phi) is 14.4. The maximum atomic E-state index is 13.1. The van der Waals surface area contributed by atoms with E-state index in [1.165, 1.54) is 63.9 Å². The van der Waals surface area contributed by atoms with E-state index in [9.17, 15) is 14.7 Å². The lowest BCUT2D eigenvalue weighted by atomic mass is 10.0. The summed E-state index contributed by atoms with van der Waals surface area (Å²) in [5.41, 5.74) is 9.91. The molecule has 0 saturated carbocycles. The second kappa shape index (κ2) is 17.6. The SMILES string of the molecule is CCCCCCCCCCCCC/C=C/C(O)C(N=[N+]=[N-])C(=O)N1C(=O)OC[C@@H]1Cc1ccccc1. The van der Waals surface area contributed by atoms with Gasteiger partial charge in [-0.05, 0) is 30.4 Å². The highest BCUT2D eigenvalue weighted by molar-refractivity contribution is 5.97. The number of aliphatic hydroxyl groups is 1. The van der Waals surface area contributed by atoms with Gasteiger partial charge in [-0.15, -0.1) is 0 Å². The number of hydrogen-bond donors (Lipinski definition) is 1. The molecule has 2 rings (SSSR count). The second-order valence-corrected chi connectivity index (χ2v) is 9.52. The average Bonchev–Trinajstić information content (AvgIpc) is 3.25. The number of cyclic esters (lactones) is 1. The minimum Gasteiger partial charge on any atom is -0.447 e. The van der Waals surface area contributed by atoms with Gasteiger partial charge in [0, 0.05) is 4.91 Å². The predicted molar refractivity (Wildman–Crippen MR) is 141 cm³/mol. The molecule has 0 aromatic heterocycles. The molecular formula is C28H42N4O4. The molecule has 8 nitrogen and oxygen atoms in total. The van der Waals surface area contributed by atoms with Crippen LogP contribution in [0.1, 0.15) is 89.5 Å². The molecule has 1 aliphatic rings. The average molecular weight is 499 g/mol. The fraction of sp³-hybridized carbons (Fsp3) is 0.643. The van der Waals surface area contributed by atoms with Crippen molar-refractivity contribution in [2.24, 2.45) is 5.11 Å². The number of benzene rings is 1. The first kappa shape index (κ1) is 29.4. The van der Waals surface area contributed by atoms with E-state index in [-0.39, 0.29) is 6.61 Å². The Hall–Kier alpha value is -2.83. The summed E-state index contributed by atoms with van der Waals surface area (Å²) < 4.78 is 5.09. The van der Waals surface area contributed by atoms with Crippen molar-refractivity contribution in [3.63, 3.8) is 0 Å². The Morgan fingerprint density at radius 1 is 1.11 bits per heavy atom. The van der Waals surface area contributed by atoms with Gasteiger partial charge >= 0.3 is 6.09 Å². The maximum absolute atomic E-state index is 13.1. The van der Waals surface area contributed by atoms with E-state index in [1.807, 2.05) is 36.4 Å². The normalized spacial score (nSPS) is 17.1. The lowest BCUT2D eigenvalue weighted by Gasteiger charge is -2.24. The summed E-state index contributed by atoms with van der Waals surface area (Å²) in [5, 5.41) is 14.1. The van der Waals surface area contributed by atoms with E-state index in [4.69, 9.17) is 10.3 Å². The highest BCUT2D eigenvalue weighted by Crippen LogP contribution is 2.21. The maximum Gasteiger partial charge on any atom is 0.416 e. The molecule has 1 fully saturated rings. The van der Waals surface area contributed by atoms with Crippen LogP contribution in [0, 0.1) is 0 Å². The Balaban J connectivity index is 1.75. The lowest BCUT2D eigenvalue weighted by Crippen LogP contribution is -2.48. The van der Waals surface area contributed by atoms with Crippen molar-refractivity contribution >= 4 is 12.0 Å². The van der Waals surface area contributed by atoms with Crippen LogP contribution in [0.5, 0.6) is 0 Å². The van der Waals surface area contributed by atoms with Crippen LogP contribution in [0.25, 0.3) is 10.4 Å². The summed E-state index contributed by atoms with van der Waals surface area (Å²) in [4.78, 5) is 29.1. The van der Waals surface area contributed by atoms with Crippen molar-refractivity contribution in [2.75, 3.05) is 6.61 Å². The predicted octanol–water partition coefficient (Wildman–Crippen LogP) is 6.87. The number of hydrogen-bond acceptors (Lipinski definition) is 5. The van der Waals surface area contributed by atoms with Gasteiger partial charge in [0.05, 0.1) is 12.1 Å². The molecule has 8 heteroatoms. The molecule has 3 atom stereocenters. The van der Waals surface area contributed by atoms with E-state index in [0.717, 1.165) is 29.7 Å². The topological polar surface area (TPSA) is 116 Å². The number of carbonyl (C=O) groups excluding carboxylic acids is 2. The number of allylic oxidation sites excluding steroid dienone is 1. The Labute approximate surface area is 215 Å². The summed E-state index contributed by atoms with van der Waals surface area (Å²) in [7, 11) is 0. The van der Waals surface area contributed by atoms with Gasteiger partial charge in [0.2, 0.25) is 5.91 Å². The number of ether oxygens (including phenoxy) is 1. The third kappa shape index (κ3) is 10.4. The summed E-state index contributed by atoms with van der Waals surface area (Å²) in [6.07, 6.45) is 16.3. The van der Waals surface area contributed by atoms with E-state index >= 15 is 0 Å². The summed E-state index contributed by atoms with van der Waals surface area (Å²) >= 11 is 0. The Morgan fingerprint density at radius 2 is 1.72 bits per heavy atom. The van der Waals surface area contributed by atoms with Crippen LogP contribution in [0.2, 0.25) is 0 Å². The first-order valence-corrected chi connectivity index (χ1v) is 13.5. The van der Waals surface area contributed by atoms with Crippen LogP contribution in [0.4, 0.5) is 4.79 Å². The van der Waals surface area contributed by atoms with Gasteiger partial charge in [0.1, 0.15) is 12.6 Å². The monoisotopic (exact) mass is 498 g/mol. The molecule has 1 saturated heterocycles. The van der Waals surface area contributed by atoms with Gasteiger partial charge in [-0.25, -0.2) is 9.69 Å². The van der Waals surface area contributed by atoms with Crippen LogP contribution in [-0.4, -0.2) is 46.8 Å². The second-order valence-electron chi connectivity index (χ2n) is 9.52. The van der Waals surface area contributed by atoms with Gasteiger partial charge in [-0.1, -0.05) is 119 Å². The third-order valence-electron chi connectivity index (χ3n) is 6.57. The molecule has 0 aliphatic carbocycles. The van der Waals surface area contributed by atoms with E-state index < -0.39 is 30.2 Å². The number of carbonyl (C=O) groups is 2. The zero-order valence-electron chi connectivity index (χ0n) is 21.6. The molecule has 0 radical (unpaired) electrons. The number of azide groups is 1. The van der Waals surface area contributed by atoms with E-state index in [1.54, 1.807) is 0 Å². The standard InChI is InChI=1S/C28H42N4O4/c1-2-3-4-5-6-7-8-9-10-11-12-13-17-20-25(33)26(30-31-29)27(34)32-24(22-36-28(32)35)21-23-18-15-14-16-19-23/h14-20,24-26,33H,2-13,21-22H2,1H3/b20-17+/t24-,25?,26?/m0/s1. The quantitative estimate of drug-likeness (QED) is 0.0781. The molecule has 198 valence electrons. The van der Waals surface area contributed by atoms with Crippen LogP contribution >= 0.6 is 0 Å². The minimum absolute atomic E-state index is 0.0627. The number of unbranched alkanes of at least 4 members (excludes halogenated alkanes) is 11. The van der Waals surface area contributed by atoms with Crippen molar-refractivity contribution in [1.29, 1.82) is 0 Å². The highest BCUT2D eigenvalue weighted by Gasteiger charge is 2.42. The molecule has 36 heavy (non-hydrogen) atoms. The first-order chi connectivity index (χ1) is 17.6. The zero-order valence-corrected chi connectivity index (χ0v) is 21.6. The minimum atomic E-state index is -1.42. The van der Waals surface area contributed by atoms with E-state index in [2.05, 4.69) is 16.9 Å². The van der Waals surface area contributed by atoms with Crippen molar-refractivity contribution < 1.29 is 19.4 Å². The highest BCUT2D eigenvalue weighted by atomic mass is 16.6. The lowest BCUT2D eigenvalue weighted by molar-refractivity contribution is -0.132. The summed E-state index contributed by atoms with van der Waals surface area (Å²) in [6.45, 7) is 2.30. The summed E-state index contributed by atoms with van der Waals surface area (Å²) in [6, 6.07) is 7.52. The molecule has 0 spiro atoms. The molecule has 0 bridgehead atoms. The smallest absolute Gasteiger partial charge is 0.416 e. The van der Waals surface area contributed by atoms with Crippen molar-refractivity contribution in [2.45, 2.75) is 109 Å². The molecule has 1 heterocycles. The van der Waals surface area contributed by atoms with Gasteiger partial charge < -0.3 is 9.84 Å². The molecule has 1 aromatic carbocycles. The van der Waals surface area contributed by atoms with Crippen LogP contribution in [0.15, 0.2) is 47.6 Å². The number of amides is 2. The molecule has 2 unspecified atom stereocenters. The van der Waals surface area contributed by atoms with Crippen molar-refractivity contribution in [1.82, 2.24) is 4.90 Å². The van der Waals surface area contributed by atoms with Gasteiger partial charge in [-0.2, -0.15) is 0 Å². The molecule has 1 N–H and O–H groups in total. The zero-order chi connectivity index (χ0) is 26.0. The fourth-order valence-electron chi connectivity index (χ4n) is 4.50. The number of nitrogens with zero attached hydrogens (tertiary/aromatic N) is 4. The van der Waals surface area contributed by atoms with Crippen molar-refractivity contribution in [3.8, 4) is 0 Å². The number of imide groups is 1. The van der Waals surface area contributed by atoms with Crippen molar-refractivity contribution in [3.05, 3.63) is 58.5 Å². The third-order valence-corrected chi connectivity index (χ3v) is 6.57. The molecule has 1 aliphatic heterocycles. The summed E-state index contributed by atoms with van der Waals surface area (Å²) in [5.74, 6) is -0.747. The Bertz CT molecular complexity index is 854. The molecule has 2 amide bonds. The largest absolute Gasteiger partial charge is 0.447 e. The fourth-order valence-corrected chi connectivity index (χ4v) is 4.50. The van der Waals surface area contributed by atoms with Crippen LogP contribution in [-0.2, 0) is 16.0 Å². The first-order valence-electron chi connectivity index (χ1n) is 13.5. The number of rotatable bonds is 18. The van der Waals surface area contributed by atoms with E-state index in [0.29, 0.717) is 6.42 Å². The van der Waals surface area contributed by atoms with Gasteiger partial charge in [0.25, 0.3) is 0 Å².